The number of hydrogen-bond acceptors (Lipinski definition) is 3. The van der Waals surface area contributed by atoms with Crippen molar-refractivity contribution in [2.24, 2.45) is 5.92 Å². The molecule has 4 nitrogen and oxygen atoms in total. The minimum Gasteiger partial charge on any atom is -0.484 e. The molecule has 7 heteroatoms. The Hall–Kier alpha value is -1.76. The smallest absolute Gasteiger partial charge is 0.422 e. The second-order valence-corrected chi connectivity index (χ2v) is 5.25. The molecule has 1 fully saturated rings. The van der Waals surface area contributed by atoms with E-state index in [1.807, 2.05) is 0 Å². The van der Waals surface area contributed by atoms with Crippen molar-refractivity contribution in [3.05, 3.63) is 29.8 Å². The third kappa shape index (κ3) is 5.22. The summed E-state index contributed by atoms with van der Waals surface area (Å²) >= 11 is 0. The molecule has 1 heterocycles. The lowest BCUT2D eigenvalue weighted by Crippen LogP contribution is -2.37. The predicted molar refractivity (Wildman–Crippen MR) is 75.4 cm³/mol. The first-order valence-corrected chi connectivity index (χ1v) is 7.21. The number of hydrogen-bond donors (Lipinski definition) is 2. The van der Waals surface area contributed by atoms with Crippen LogP contribution >= 0.6 is 0 Å². The summed E-state index contributed by atoms with van der Waals surface area (Å²) in [5, 5.41) is 5.96. The number of carbonyl (C=O) groups excluding carboxylic acids is 1. The molecule has 0 aliphatic carbocycles. The van der Waals surface area contributed by atoms with Gasteiger partial charge in [0.25, 0.3) is 0 Å². The summed E-state index contributed by atoms with van der Waals surface area (Å²) in [6, 6.07) is 6.42. The lowest BCUT2D eigenvalue weighted by Gasteiger charge is -2.22. The summed E-state index contributed by atoms with van der Waals surface area (Å²) in [7, 11) is 0. The highest BCUT2D eigenvalue weighted by Crippen LogP contribution is 2.22. The second-order valence-electron chi connectivity index (χ2n) is 5.25. The first-order valence-electron chi connectivity index (χ1n) is 7.21. The van der Waals surface area contributed by atoms with E-state index in [0.717, 1.165) is 25.9 Å². The van der Waals surface area contributed by atoms with Crippen molar-refractivity contribution < 1.29 is 22.7 Å². The SMILES string of the molecule is O=C(NCc1ccccc1OCC(F)(F)F)C1CCNCC1. The Balaban J connectivity index is 1.90. The van der Waals surface area contributed by atoms with Crippen LogP contribution in [-0.4, -0.2) is 31.8 Å². The number of alkyl halides is 3. The van der Waals surface area contributed by atoms with Gasteiger partial charge >= 0.3 is 6.18 Å². The van der Waals surface area contributed by atoms with Crippen LogP contribution in [0.5, 0.6) is 5.75 Å². The van der Waals surface area contributed by atoms with Crippen molar-refractivity contribution in [3.8, 4) is 5.75 Å². The van der Waals surface area contributed by atoms with E-state index in [9.17, 15) is 18.0 Å². The van der Waals surface area contributed by atoms with E-state index >= 15 is 0 Å². The summed E-state index contributed by atoms with van der Waals surface area (Å²) in [5.41, 5.74) is 0.536. The average Bonchev–Trinajstić information content (AvgIpc) is 2.51. The third-order valence-electron chi connectivity index (χ3n) is 3.53. The number of ether oxygens (including phenoxy) is 1. The van der Waals surface area contributed by atoms with Crippen molar-refractivity contribution in [3.63, 3.8) is 0 Å². The molecule has 1 aromatic carbocycles. The van der Waals surface area contributed by atoms with Crippen molar-refractivity contribution >= 4 is 5.91 Å². The monoisotopic (exact) mass is 316 g/mol. The highest BCUT2D eigenvalue weighted by Gasteiger charge is 2.28. The van der Waals surface area contributed by atoms with Gasteiger partial charge in [-0.3, -0.25) is 4.79 Å². The van der Waals surface area contributed by atoms with E-state index in [2.05, 4.69) is 10.6 Å². The van der Waals surface area contributed by atoms with Gasteiger partial charge in [-0.25, -0.2) is 0 Å². The van der Waals surface area contributed by atoms with Crippen LogP contribution in [0.2, 0.25) is 0 Å². The standard InChI is InChI=1S/C15H19F3N2O2/c16-15(17,18)10-22-13-4-2-1-3-12(13)9-20-14(21)11-5-7-19-8-6-11/h1-4,11,19H,5-10H2,(H,20,21). The third-order valence-corrected chi connectivity index (χ3v) is 3.53. The number of rotatable bonds is 5. The van der Waals surface area contributed by atoms with Gasteiger partial charge in [0.2, 0.25) is 5.91 Å². The molecule has 0 spiro atoms. The summed E-state index contributed by atoms with van der Waals surface area (Å²) in [6.07, 6.45) is -2.83. The Morgan fingerprint density at radius 2 is 1.95 bits per heavy atom. The highest BCUT2D eigenvalue weighted by molar-refractivity contribution is 5.78. The molecule has 1 amide bonds. The minimum atomic E-state index is -4.38. The van der Waals surface area contributed by atoms with Crippen LogP contribution in [0.4, 0.5) is 13.2 Å². The van der Waals surface area contributed by atoms with Crippen molar-refractivity contribution in [2.45, 2.75) is 25.6 Å². The summed E-state index contributed by atoms with van der Waals surface area (Å²) < 4.78 is 41.5. The zero-order valence-electron chi connectivity index (χ0n) is 12.1. The Labute approximate surface area is 127 Å². The zero-order chi connectivity index (χ0) is 16.0. The molecule has 0 aromatic heterocycles. The number of amides is 1. The highest BCUT2D eigenvalue weighted by atomic mass is 19.4. The second kappa shape index (κ2) is 7.49. The molecule has 1 saturated heterocycles. The van der Waals surface area contributed by atoms with Gasteiger partial charge < -0.3 is 15.4 Å². The van der Waals surface area contributed by atoms with E-state index in [0.29, 0.717) is 5.56 Å². The quantitative estimate of drug-likeness (QED) is 0.876. The van der Waals surface area contributed by atoms with Crippen molar-refractivity contribution in [1.29, 1.82) is 0 Å². The minimum absolute atomic E-state index is 0.0375. The Kier molecular flexibility index (Phi) is 5.65. The van der Waals surface area contributed by atoms with E-state index in [1.54, 1.807) is 18.2 Å². The first kappa shape index (κ1) is 16.6. The normalized spacial score (nSPS) is 16.3. The van der Waals surface area contributed by atoms with Gasteiger partial charge in [-0.1, -0.05) is 18.2 Å². The molecule has 0 saturated carbocycles. The molecule has 0 radical (unpaired) electrons. The fourth-order valence-electron chi connectivity index (χ4n) is 2.36. The largest absolute Gasteiger partial charge is 0.484 e. The maximum atomic E-state index is 12.2. The van der Waals surface area contributed by atoms with Gasteiger partial charge in [0, 0.05) is 18.0 Å². The molecule has 2 rings (SSSR count). The number of benzene rings is 1. The predicted octanol–water partition coefficient (Wildman–Crippen LogP) is 2.24. The van der Waals surface area contributed by atoms with Crippen LogP contribution in [0.25, 0.3) is 0 Å². The van der Waals surface area contributed by atoms with E-state index < -0.39 is 12.8 Å². The van der Waals surface area contributed by atoms with Crippen LogP contribution in [-0.2, 0) is 11.3 Å². The molecular weight excluding hydrogens is 297 g/mol. The summed E-state index contributed by atoms with van der Waals surface area (Å²) in [6.45, 7) is 0.440. The molecular formula is C15H19F3N2O2. The van der Waals surface area contributed by atoms with Crippen molar-refractivity contribution in [1.82, 2.24) is 10.6 Å². The topological polar surface area (TPSA) is 50.4 Å². The number of carbonyl (C=O) groups is 1. The fraction of sp³-hybridized carbons (Fsp3) is 0.533. The summed E-state index contributed by atoms with van der Waals surface area (Å²) in [4.78, 5) is 12.0. The lowest BCUT2D eigenvalue weighted by molar-refractivity contribution is -0.153. The van der Waals surface area contributed by atoms with Crippen LogP contribution in [0.15, 0.2) is 24.3 Å². The number of para-hydroxylation sites is 1. The van der Waals surface area contributed by atoms with E-state index in [-0.39, 0.29) is 24.1 Å². The Morgan fingerprint density at radius 3 is 2.64 bits per heavy atom. The van der Waals surface area contributed by atoms with Crippen LogP contribution in [0.1, 0.15) is 18.4 Å². The van der Waals surface area contributed by atoms with Crippen LogP contribution in [0.3, 0.4) is 0 Å². The Bertz CT molecular complexity index is 500. The van der Waals surface area contributed by atoms with Crippen LogP contribution in [0, 0.1) is 5.92 Å². The summed E-state index contributed by atoms with van der Waals surface area (Å²) in [5.74, 6) is 0.0436. The number of halogens is 3. The van der Waals surface area contributed by atoms with Gasteiger partial charge in [0.1, 0.15) is 5.75 Å². The van der Waals surface area contributed by atoms with E-state index in [1.165, 1.54) is 6.07 Å². The number of nitrogens with one attached hydrogen (secondary N) is 2. The van der Waals surface area contributed by atoms with Crippen molar-refractivity contribution in [2.75, 3.05) is 19.7 Å². The molecule has 0 bridgehead atoms. The lowest BCUT2D eigenvalue weighted by atomic mass is 9.97. The molecule has 1 aromatic rings. The molecule has 22 heavy (non-hydrogen) atoms. The fourth-order valence-corrected chi connectivity index (χ4v) is 2.36. The molecule has 0 unspecified atom stereocenters. The van der Waals surface area contributed by atoms with Gasteiger partial charge in [-0.2, -0.15) is 13.2 Å². The molecule has 122 valence electrons. The van der Waals surface area contributed by atoms with Gasteiger partial charge in [0.15, 0.2) is 6.61 Å². The maximum absolute atomic E-state index is 12.2. The maximum Gasteiger partial charge on any atom is 0.422 e. The van der Waals surface area contributed by atoms with Gasteiger partial charge in [0.05, 0.1) is 0 Å². The van der Waals surface area contributed by atoms with Gasteiger partial charge in [-0.05, 0) is 32.0 Å². The molecule has 2 N–H and O–H groups in total. The zero-order valence-corrected chi connectivity index (χ0v) is 12.1. The molecule has 1 aliphatic rings. The first-order chi connectivity index (χ1) is 10.5. The molecule has 1 aliphatic heterocycles. The molecule has 0 atom stereocenters. The Morgan fingerprint density at radius 1 is 1.27 bits per heavy atom. The average molecular weight is 316 g/mol. The van der Waals surface area contributed by atoms with E-state index in [4.69, 9.17) is 4.74 Å². The van der Waals surface area contributed by atoms with Crippen LogP contribution < -0.4 is 15.4 Å². The number of piperidine rings is 1. The van der Waals surface area contributed by atoms with Gasteiger partial charge in [-0.15, -0.1) is 0 Å².